The van der Waals surface area contributed by atoms with Crippen LogP contribution in [0.4, 0.5) is 11.4 Å². The molecule has 6 heteroatoms. The molecule has 2 aromatic carbocycles. The molecule has 0 fully saturated rings. The molecule has 2 heterocycles. The maximum atomic E-state index is 13.0. The lowest BCUT2D eigenvalue weighted by molar-refractivity contribution is -0.115. The molecule has 0 aliphatic carbocycles. The predicted molar refractivity (Wildman–Crippen MR) is 92.7 cm³/mol. The van der Waals surface area contributed by atoms with Gasteiger partial charge in [-0.05, 0) is 37.3 Å². The van der Waals surface area contributed by atoms with Crippen molar-refractivity contribution in [2.75, 3.05) is 16.8 Å². The van der Waals surface area contributed by atoms with Crippen LogP contribution in [-0.4, -0.2) is 18.4 Å². The summed E-state index contributed by atoms with van der Waals surface area (Å²) in [7, 11) is 0. The zero-order chi connectivity index (χ0) is 16.8. The molecule has 0 saturated carbocycles. The number of nitrogens with zero attached hydrogens (tertiary/aromatic N) is 1. The minimum Gasteiger partial charge on any atom is -0.451 e. The van der Waals surface area contributed by atoms with Gasteiger partial charge in [-0.25, -0.2) is 0 Å². The molecule has 1 aromatic heterocycles. The number of anilines is 2. The number of rotatable bonds is 1. The molecule has 120 valence electrons. The predicted octanol–water partition coefficient (Wildman–Crippen LogP) is 3.99. The Hall–Kier alpha value is -2.79. The second kappa shape index (κ2) is 5.39. The first-order valence-electron chi connectivity index (χ1n) is 7.44. The lowest BCUT2D eigenvalue weighted by atomic mass is 10.1. The van der Waals surface area contributed by atoms with Crippen molar-refractivity contribution in [1.29, 1.82) is 0 Å². The molecule has 0 saturated heterocycles. The molecular weight excluding hydrogens is 328 g/mol. The second-order valence-corrected chi connectivity index (χ2v) is 6.09. The number of hydrogen-bond acceptors (Lipinski definition) is 3. The number of furan rings is 1. The first-order valence-corrected chi connectivity index (χ1v) is 7.82. The number of halogens is 1. The van der Waals surface area contributed by atoms with Gasteiger partial charge in [0.25, 0.3) is 5.91 Å². The number of nitrogens with one attached hydrogen (secondary N) is 1. The van der Waals surface area contributed by atoms with Crippen molar-refractivity contribution in [2.45, 2.75) is 6.92 Å². The van der Waals surface area contributed by atoms with Crippen LogP contribution in [0.1, 0.15) is 16.1 Å². The molecule has 0 radical (unpaired) electrons. The molecule has 1 N–H and O–H groups in total. The quantitative estimate of drug-likeness (QED) is 0.728. The zero-order valence-corrected chi connectivity index (χ0v) is 13.6. The fourth-order valence-electron chi connectivity index (χ4n) is 2.93. The van der Waals surface area contributed by atoms with E-state index in [4.69, 9.17) is 16.0 Å². The molecule has 0 spiro atoms. The van der Waals surface area contributed by atoms with E-state index in [0.29, 0.717) is 27.5 Å². The van der Waals surface area contributed by atoms with Gasteiger partial charge in [0.15, 0.2) is 5.76 Å². The monoisotopic (exact) mass is 340 g/mol. The lowest BCUT2D eigenvalue weighted by Crippen LogP contribution is -2.42. The number of carbonyl (C=O) groups excluding carboxylic acids is 2. The van der Waals surface area contributed by atoms with E-state index in [1.807, 2.05) is 19.1 Å². The van der Waals surface area contributed by atoms with Crippen molar-refractivity contribution >= 4 is 45.8 Å². The summed E-state index contributed by atoms with van der Waals surface area (Å²) in [5.74, 6) is -0.363. The molecule has 0 atom stereocenters. The Morgan fingerprint density at radius 2 is 2.04 bits per heavy atom. The van der Waals surface area contributed by atoms with E-state index in [-0.39, 0.29) is 24.1 Å². The number of benzene rings is 2. The van der Waals surface area contributed by atoms with Gasteiger partial charge in [0.1, 0.15) is 12.1 Å². The van der Waals surface area contributed by atoms with Crippen molar-refractivity contribution in [3.8, 4) is 0 Å². The molecule has 1 aliphatic rings. The number of carbonyl (C=O) groups is 2. The van der Waals surface area contributed by atoms with Gasteiger partial charge in [0.05, 0.1) is 11.4 Å². The van der Waals surface area contributed by atoms with Crippen LogP contribution in [0.15, 0.2) is 46.9 Å². The summed E-state index contributed by atoms with van der Waals surface area (Å²) in [4.78, 5) is 26.4. The van der Waals surface area contributed by atoms with E-state index < -0.39 is 0 Å². The molecule has 2 amide bonds. The third-order valence-corrected chi connectivity index (χ3v) is 4.34. The van der Waals surface area contributed by atoms with Crippen LogP contribution < -0.4 is 10.2 Å². The van der Waals surface area contributed by atoms with Gasteiger partial charge >= 0.3 is 0 Å². The van der Waals surface area contributed by atoms with Gasteiger partial charge in [0.2, 0.25) is 5.91 Å². The molecule has 0 unspecified atom stereocenters. The molecule has 0 bridgehead atoms. The van der Waals surface area contributed by atoms with Crippen LogP contribution in [0, 0.1) is 6.92 Å². The molecular formula is C18H13ClN2O3. The van der Waals surface area contributed by atoms with Gasteiger partial charge in [0, 0.05) is 16.0 Å². The molecule has 24 heavy (non-hydrogen) atoms. The summed E-state index contributed by atoms with van der Waals surface area (Å²) in [5, 5.41) is 4.13. The highest BCUT2D eigenvalue weighted by atomic mass is 35.5. The van der Waals surface area contributed by atoms with E-state index in [0.717, 1.165) is 5.39 Å². The summed E-state index contributed by atoms with van der Waals surface area (Å²) in [6.07, 6.45) is 0. The number of para-hydroxylation sites is 2. The van der Waals surface area contributed by atoms with E-state index in [9.17, 15) is 9.59 Å². The van der Waals surface area contributed by atoms with Gasteiger partial charge in [-0.1, -0.05) is 23.7 Å². The zero-order valence-electron chi connectivity index (χ0n) is 12.8. The van der Waals surface area contributed by atoms with Crippen LogP contribution in [-0.2, 0) is 4.79 Å². The summed E-state index contributed by atoms with van der Waals surface area (Å²) in [6, 6.07) is 12.4. The highest BCUT2D eigenvalue weighted by Crippen LogP contribution is 2.33. The summed E-state index contributed by atoms with van der Waals surface area (Å²) < 4.78 is 5.74. The summed E-state index contributed by atoms with van der Waals surface area (Å²) in [6.45, 7) is 1.76. The normalized spacial score (nSPS) is 13.8. The Kier molecular flexibility index (Phi) is 3.32. The number of aryl methyl sites for hydroxylation is 1. The Bertz CT molecular complexity index is 993. The fourth-order valence-corrected chi connectivity index (χ4v) is 3.11. The molecule has 3 aromatic rings. The smallest absolute Gasteiger partial charge is 0.294 e. The maximum Gasteiger partial charge on any atom is 0.294 e. The molecule has 5 nitrogen and oxygen atoms in total. The topological polar surface area (TPSA) is 62.6 Å². The highest BCUT2D eigenvalue weighted by molar-refractivity contribution is 6.31. The van der Waals surface area contributed by atoms with E-state index in [2.05, 4.69) is 5.32 Å². The second-order valence-electron chi connectivity index (χ2n) is 5.65. The third-order valence-electron chi connectivity index (χ3n) is 4.11. The van der Waals surface area contributed by atoms with E-state index >= 15 is 0 Å². The van der Waals surface area contributed by atoms with Gasteiger partial charge in [-0.3, -0.25) is 14.5 Å². The summed E-state index contributed by atoms with van der Waals surface area (Å²) in [5.41, 5.74) is 2.56. The highest BCUT2D eigenvalue weighted by Gasteiger charge is 2.30. The van der Waals surface area contributed by atoms with Gasteiger partial charge < -0.3 is 9.73 Å². The maximum absolute atomic E-state index is 13.0. The van der Waals surface area contributed by atoms with Crippen LogP contribution >= 0.6 is 11.6 Å². The Labute approximate surface area is 142 Å². The minimum atomic E-state index is -0.345. The Morgan fingerprint density at radius 3 is 2.88 bits per heavy atom. The number of amides is 2. The average Bonchev–Trinajstić information content (AvgIpc) is 2.90. The van der Waals surface area contributed by atoms with Crippen LogP contribution in [0.3, 0.4) is 0 Å². The number of hydrogen-bond donors (Lipinski definition) is 1. The van der Waals surface area contributed by atoms with Gasteiger partial charge in [-0.15, -0.1) is 0 Å². The van der Waals surface area contributed by atoms with Crippen LogP contribution in [0.5, 0.6) is 0 Å². The third kappa shape index (κ3) is 2.25. The Balaban J connectivity index is 1.82. The average molecular weight is 341 g/mol. The fraction of sp³-hybridized carbons (Fsp3) is 0.111. The minimum absolute atomic E-state index is 0.0485. The molecule has 4 rings (SSSR count). The Morgan fingerprint density at radius 1 is 1.25 bits per heavy atom. The van der Waals surface area contributed by atoms with Gasteiger partial charge in [-0.2, -0.15) is 0 Å². The van der Waals surface area contributed by atoms with Crippen molar-refractivity contribution in [3.05, 3.63) is 58.8 Å². The molecule has 1 aliphatic heterocycles. The van der Waals surface area contributed by atoms with E-state index in [1.165, 1.54) is 4.90 Å². The standard InChI is InChI=1S/C18H13ClN2O3/c1-10-12-8-11(19)6-7-15(12)24-17(10)18(23)21-9-16(22)20-13-4-2-3-5-14(13)21/h2-8H,9H2,1H3,(H,20,22). The number of fused-ring (bicyclic) bond motifs is 2. The van der Waals surface area contributed by atoms with Crippen LogP contribution in [0.2, 0.25) is 5.02 Å². The van der Waals surface area contributed by atoms with Crippen molar-refractivity contribution in [2.24, 2.45) is 0 Å². The van der Waals surface area contributed by atoms with Crippen molar-refractivity contribution in [3.63, 3.8) is 0 Å². The van der Waals surface area contributed by atoms with E-state index in [1.54, 1.807) is 30.3 Å². The lowest BCUT2D eigenvalue weighted by Gasteiger charge is -2.28. The first-order chi connectivity index (χ1) is 11.5. The van der Waals surface area contributed by atoms with Crippen LogP contribution in [0.25, 0.3) is 11.0 Å². The van der Waals surface area contributed by atoms with Crippen molar-refractivity contribution in [1.82, 2.24) is 0 Å². The largest absolute Gasteiger partial charge is 0.451 e. The van der Waals surface area contributed by atoms with Crippen molar-refractivity contribution < 1.29 is 14.0 Å². The summed E-state index contributed by atoms with van der Waals surface area (Å²) >= 11 is 6.02. The first kappa shape index (κ1) is 14.8. The SMILES string of the molecule is Cc1c(C(=O)N2CC(=O)Nc3ccccc32)oc2ccc(Cl)cc12.